The number of aryl methyl sites for hydroxylation is 1. The van der Waals surface area contributed by atoms with Crippen LogP contribution in [0.5, 0.6) is 0 Å². The monoisotopic (exact) mass is 368 g/mol. The molecule has 2 aliphatic rings. The van der Waals surface area contributed by atoms with Crippen molar-refractivity contribution >= 4 is 18.3 Å². The first-order valence-corrected chi connectivity index (χ1v) is 9.50. The van der Waals surface area contributed by atoms with Gasteiger partial charge in [0.15, 0.2) is 0 Å². The van der Waals surface area contributed by atoms with E-state index in [-0.39, 0.29) is 18.3 Å². The van der Waals surface area contributed by atoms with Crippen molar-refractivity contribution in [2.75, 3.05) is 0 Å². The molecule has 0 aromatic carbocycles. The Bertz CT molecular complexity index is 586. The highest BCUT2D eigenvalue weighted by Crippen LogP contribution is 2.26. The van der Waals surface area contributed by atoms with Gasteiger partial charge in [0.1, 0.15) is 0 Å². The Hall–Kier alpha value is -1.07. The fourth-order valence-corrected chi connectivity index (χ4v) is 4.33. The lowest BCUT2D eigenvalue weighted by molar-refractivity contribution is -0.122. The van der Waals surface area contributed by atoms with E-state index in [1.54, 1.807) is 0 Å². The number of rotatable bonds is 6. The summed E-state index contributed by atoms with van der Waals surface area (Å²) in [6.07, 6.45) is 6.07. The molecule has 2 N–H and O–H groups in total. The van der Waals surface area contributed by atoms with Crippen LogP contribution in [-0.2, 0) is 17.8 Å². The van der Waals surface area contributed by atoms with E-state index in [9.17, 15) is 4.79 Å². The van der Waals surface area contributed by atoms with Gasteiger partial charge in [-0.15, -0.1) is 12.4 Å². The Labute approximate surface area is 157 Å². The first-order valence-electron chi connectivity index (χ1n) is 9.50. The molecule has 2 atom stereocenters. The molecule has 2 unspecified atom stereocenters. The number of carbonyl (C=O) groups is 1. The minimum Gasteiger partial charge on any atom is -0.353 e. The molecule has 0 spiro atoms. The fourth-order valence-electron chi connectivity index (χ4n) is 4.33. The number of carbonyl (C=O) groups excluding carboxylic acids is 1. The van der Waals surface area contributed by atoms with Gasteiger partial charge >= 0.3 is 0 Å². The predicted octanol–water partition coefficient (Wildman–Crippen LogP) is 2.91. The van der Waals surface area contributed by atoms with Gasteiger partial charge in [-0.25, -0.2) is 0 Å². The van der Waals surface area contributed by atoms with E-state index in [2.05, 4.69) is 48.1 Å². The zero-order valence-corrected chi connectivity index (χ0v) is 16.8. The highest BCUT2D eigenvalue weighted by atomic mass is 35.5. The molecule has 25 heavy (non-hydrogen) atoms. The zero-order valence-electron chi connectivity index (χ0n) is 16.0. The topological polar surface area (TPSA) is 59.0 Å². The number of nitrogens with one attached hydrogen (secondary N) is 2. The first kappa shape index (κ1) is 20.2. The van der Waals surface area contributed by atoms with Crippen molar-refractivity contribution in [1.82, 2.24) is 20.4 Å². The number of hydrogen-bond acceptors (Lipinski definition) is 3. The molecule has 1 amide bonds. The minimum atomic E-state index is 0. The average Bonchev–Trinajstić information content (AvgIpc) is 2.96. The van der Waals surface area contributed by atoms with E-state index in [0.717, 1.165) is 31.5 Å². The van der Waals surface area contributed by atoms with E-state index in [1.165, 1.54) is 24.1 Å². The average molecular weight is 369 g/mol. The van der Waals surface area contributed by atoms with E-state index in [0.29, 0.717) is 30.5 Å². The number of halogens is 1. The Morgan fingerprint density at radius 1 is 1.28 bits per heavy atom. The molecule has 2 fully saturated rings. The molecular weight excluding hydrogens is 336 g/mol. The largest absolute Gasteiger partial charge is 0.353 e. The maximum absolute atomic E-state index is 12.4. The lowest BCUT2D eigenvalue weighted by Gasteiger charge is -2.29. The second kappa shape index (κ2) is 8.54. The van der Waals surface area contributed by atoms with E-state index in [4.69, 9.17) is 0 Å². The zero-order chi connectivity index (χ0) is 17.3. The van der Waals surface area contributed by atoms with Crippen LogP contribution in [0.1, 0.15) is 62.9 Å². The van der Waals surface area contributed by atoms with Gasteiger partial charge in [0, 0.05) is 36.8 Å². The van der Waals surface area contributed by atoms with Crippen LogP contribution in [0.15, 0.2) is 0 Å². The van der Waals surface area contributed by atoms with Gasteiger partial charge in [-0.3, -0.25) is 9.48 Å². The molecule has 0 aliphatic carbocycles. The van der Waals surface area contributed by atoms with Crippen LogP contribution < -0.4 is 10.6 Å². The maximum Gasteiger partial charge on any atom is 0.220 e. The quantitative estimate of drug-likeness (QED) is 0.811. The molecule has 142 valence electrons. The van der Waals surface area contributed by atoms with E-state index in [1.807, 2.05) is 0 Å². The second-order valence-corrected chi connectivity index (χ2v) is 8.10. The molecular formula is C19H33ClN4O. The molecule has 1 aromatic heterocycles. The van der Waals surface area contributed by atoms with Gasteiger partial charge in [-0.1, -0.05) is 13.8 Å². The molecule has 2 aliphatic heterocycles. The third-order valence-electron chi connectivity index (χ3n) is 5.51. The van der Waals surface area contributed by atoms with E-state index >= 15 is 0 Å². The van der Waals surface area contributed by atoms with Gasteiger partial charge < -0.3 is 10.6 Å². The molecule has 5 nitrogen and oxygen atoms in total. The molecule has 2 saturated heterocycles. The summed E-state index contributed by atoms with van der Waals surface area (Å²) >= 11 is 0. The molecule has 0 radical (unpaired) electrons. The SMILES string of the molecule is Cc1nn(CC(C)C)c(C)c1CCC(=O)NC1CC2CCC(C1)N2.Cl. The van der Waals surface area contributed by atoms with Crippen LogP contribution in [0.2, 0.25) is 0 Å². The fraction of sp³-hybridized carbons (Fsp3) is 0.789. The summed E-state index contributed by atoms with van der Waals surface area (Å²) in [6.45, 7) is 9.53. The van der Waals surface area contributed by atoms with Crippen LogP contribution in [0, 0.1) is 19.8 Å². The minimum absolute atomic E-state index is 0. The van der Waals surface area contributed by atoms with Gasteiger partial charge in [0.2, 0.25) is 5.91 Å². The van der Waals surface area contributed by atoms with Crippen molar-refractivity contribution in [1.29, 1.82) is 0 Å². The molecule has 2 bridgehead atoms. The predicted molar refractivity (Wildman–Crippen MR) is 103 cm³/mol. The number of aromatic nitrogens is 2. The summed E-state index contributed by atoms with van der Waals surface area (Å²) in [5.41, 5.74) is 3.53. The van der Waals surface area contributed by atoms with E-state index < -0.39 is 0 Å². The first-order chi connectivity index (χ1) is 11.4. The van der Waals surface area contributed by atoms with Crippen LogP contribution in [0.25, 0.3) is 0 Å². The summed E-state index contributed by atoms with van der Waals surface area (Å²) in [7, 11) is 0. The number of hydrogen-bond donors (Lipinski definition) is 2. The Kier molecular flexibility index (Phi) is 6.92. The van der Waals surface area contributed by atoms with Crippen molar-refractivity contribution in [2.24, 2.45) is 5.92 Å². The normalized spacial score (nSPS) is 25.1. The number of fused-ring (bicyclic) bond motifs is 2. The van der Waals surface area contributed by atoms with Crippen LogP contribution in [0.3, 0.4) is 0 Å². The summed E-state index contributed by atoms with van der Waals surface area (Å²) in [5.74, 6) is 0.770. The molecule has 3 rings (SSSR count). The van der Waals surface area contributed by atoms with Crippen LogP contribution in [0.4, 0.5) is 0 Å². The molecule has 3 heterocycles. The van der Waals surface area contributed by atoms with Crippen molar-refractivity contribution in [3.05, 3.63) is 17.0 Å². The number of nitrogens with zero attached hydrogens (tertiary/aromatic N) is 2. The van der Waals surface area contributed by atoms with Crippen LogP contribution >= 0.6 is 12.4 Å². The van der Waals surface area contributed by atoms with Crippen molar-refractivity contribution in [3.8, 4) is 0 Å². The third-order valence-corrected chi connectivity index (χ3v) is 5.51. The second-order valence-electron chi connectivity index (χ2n) is 8.10. The highest BCUT2D eigenvalue weighted by molar-refractivity contribution is 5.85. The van der Waals surface area contributed by atoms with Crippen molar-refractivity contribution < 1.29 is 4.79 Å². The lowest BCUT2D eigenvalue weighted by Crippen LogP contribution is -2.48. The summed E-state index contributed by atoms with van der Waals surface area (Å²) in [6, 6.07) is 1.60. The van der Waals surface area contributed by atoms with Gasteiger partial charge in [-0.2, -0.15) is 5.10 Å². The molecule has 0 saturated carbocycles. The third kappa shape index (κ3) is 4.98. The number of amides is 1. The Morgan fingerprint density at radius 2 is 1.92 bits per heavy atom. The summed E-state index contributed by atoms with van der Waals surface area (Å²) in [4.78, 5) is 12.4. The molecule has 1 aromatic rings. The van der Waals surface area contributed by atoms with Crippen LogP contribution in [-0.4, -0.2) is 33.8 Å². The standard InChI is InChI=1S/C19H32N4O.ClH/c1-12(2)11-23-14(4)18(13(3)22-23)7-8-19(24)21-17-9-15-5-6-16(10-17)20-15;/h12,15-17,20H,5-11H2,1-4H3,(H,21,24);1H. The highest BCUT2D eigenvalue weighted by Gasteiger charge is 2.33. The van der Waals surface area contributed by atoms with Gasteiger partial charge in [0.05, 0.1) is 5.69 Å². The van der Waals surface area contributed by atoms with Crippen molar-refractivity contribution in [3.63, 3.8) is 0 Å². The molecule has 6 heteroatoms. The Balaban J connectivity index is 0.00000225. The smallest absolute Gasteiger partial charge is 0.220 e. The Morgan fingerprint density at radius 3 is 2.52 bits per heavy atom. The summed E-state index contributed by atoms with van der Waals surface area (Å²) in [5, 5.41) is 11.5. The van der Waals surface area contributed by atoms with Gasteiger partial charge in [-0.05, 0) is 57.4 Å². The lowest BCUT2D eigenvalue weighted by atomic mass is 9.99. The van der Waals surface area contributed by atoms with Gasteiger partial charge in [0.25, 0.3) is 0 Å². The maximum atomic E-state index is 12.4. The van der Waals surface area contributed by atoms with Crippen molar-refractivity contribution in [2.45, 2.75) is 90.9 Å². The number of piperidine rings is 1. The summed E-state index contributed by atoms with van der Waals surface area (Å²) < 4.78 is 2.09.